The van der Waals surface area contributed by atoms with Crippen molar-refractivity contribution in [1.82, 2.24) is 14.5 Å². The van der Waals surface area contributed by atoms with Crippen LogP contribution in [0.2, 0.25) is 0 Å². The fourth-order valence-corrected chi connectivity index (χ4v) is 3.84. The first-order chi connectivity index (χ1) is 12.2. The number of aryl methyl sites for hydroxylation is 2. The predicted molar refractivity (Wildman–Crippen MR) is 99.3 cm³/mol. The number of hydrogen-bond donors (Lipinski definition) is 0. The summed E-state index contributed by atoms with van der Waals surface area (Å²) in [6.07, 6.45) is 3.29. The van der Waals surface area contributed by atoms with Crippen molar-refractivity contribution in [3.63, 3.8) is 0 Å². The standard InChI is InChI=1S/C21H25N3O/c1-4-19-20-9-6-10-23(20)11-12-24(19)14-18-16(3)25-21(22-18)17-8-5-7-15(2)13-17/h5-10,13,19H,4,11-12,14H2,1-3H3/t19-/m0/s1. The minimum atomic E-state index is 0.447. The summed E-state index contributed by atoms with van der Waals surface area (Å²) in [6, 6.07) is 13.2. The van der Waals surface area contributed by atoms with E-state index >= 15 is 0 Å². The van der Waals surface area contributed by atoms with Crippen LogP contribution in [0.15, 0.2) is 47.0 Å². The summed E-state index contributed by atoms with van der Waals surface area (Å²) in [5.41, 5.74) is 4.73. The Morgan fingerprint density at radius 1 is 1.16 bits per heavy atom. The van der Waals surface area contributed by atoms with Gasteiger partial charge in [0.25, 0.3) is 0 Å². The Morgan fingerprint density at radius 3 is 2.84 bits per heavy atom. The lowest BCUT2D eigenvalue weighted by Gasteiger charge is -2.36. The van der Waals surface area contributed by atoms with E-state index in [4.69, 9.17) is 9.40 Å². The molecule has 4 nitrogen and oxygen atoms in total. The minimum Gasteiger partial charge on any atom is -0.441 e. The molecule has 0 radical (unpaired) electrons. The zero-order valence-electron chi connectivity index (χ0n) is 15.2. The number of nitrogens with zero attached hydrogens (tertiary/aromatic N) is 3. The molecule has 25 heavy (non-hydrogen) atoms. The zero-order chi connectivity index (χ0) is 17.4. The van der Waals surface area contributed by atoms with E-state index in [1.165, 1.54) is 11.3 Å². The van der Waals surface area contributed by atoms with E-state index in [1.54, 1.807) is 0 Å². The number of rotatable bonds is 4. The lowest BCUT2D eigenvalue weighted by atomic mass is 10.1. The third kappa shape index (κ3) is 3.02. The molecule has 0 unspecified atom stereocenters. The summed E-state index contributed by atoms with van der Waals surface area (Å²) in [5, 5.41) is 0. The Kier molecular flexibility index (Phi) is 4.22. The summed E-state index contributed by atoms with van der Waals surface area (Å²) >= 11 is 0. The molecule has 0 saturated carbocycles. The average molecular weight is 335 g/mol. The van der Waals surface area contributed by atoms with Crippen molar-refractivity contribution in [1.29, 1.82) is 0 Å². The number of benzene rings is 1. The molecular weight excluding hydrogens is 310 g/mol. The second-order valence-electron chi connectivity index (χ2n) is 6.91. The van der Waals surface area contributed by atoms with Crippen LogP contribution in [0.3, 0.4) is 0 Å². The molecule has 4 rings (SSSR count). The van der Waals surface area contributed by atoms with Crippen molar-refractivity contribution in [2.75, 3.05) is 6.54 Å². The molecule has 0 amide bonds. The van der Waals surface area contributed by atoms with Crippen molar-refractivity contribution >= 4 is 0 Å². The highest BCUT2D eigenvalue weighted by atomic mass is 16.4. The van der Waals surface area contributed by atoms with Gasteiger partial charge in [-0.25, -0.2) is 4.98 Å². The van der Waals surface area contributed by atoms with Gasteiger partial charge in [0.2, 0.25) is 5.89 Å². The first-order valence-electron chi connectivity index (χ1n) is 9.08. The number of fused-ring (bicyclic) bond motifs is 1. The molecule has 0 spiro atoms. The molecule has 3 heterocycles. The highest BCUT2D eigenvalue weighted by molar-refractivity contribution is 5.54. The van der Waals surface area contributed by atoms with Gasteiger partial charge in [-0.1, -0.05) is 24.6 Å². The Balaban J connectivity index is 1.59. The Morgan fingerprint density at radius 2 is 2.04 bits per heavy atom. The molecule has 1 aromatic carbocycles. The fraction of sp³-hybridized carbons (Fsp3) is 0.381. The van der Waals surface area contributed by atoms with Gasteiger partial charge in [-0.05, 0) is 44.5 Å². The van der Waals surface area contributed by atoms with Gasteiger partial charge in [-0.15, -0.1) is 0 Å². The van der Waals surface area contributed by atoms with Gasteiger partial charge in [-0.3, -0.25) is 4.90 Å². The highest BCUT2D eigenvalue weighted by Crippen LogP contribution is 2.31. The summed E-state index contributed by atoms with van der Waals surface area (Å²) < 4.78 is 8.35. The Hall–Kier alpha value is -2.33. The van der Waals surface area contributed by atoms with E-state index in [2.05, 4.69) is 65.9 Å². The Labute approximate surface area is 149 Å². The minimum absolute atomic E-state index is 0.447. The van der Waals surface area contributed by atoms with E-state index in [0.717, 1.165) is 49.0 Å². The summed E-state index contributed by atoms with van der Waals surface area (Å²) in [6.45, 7) is 9.30. The molecule has 130 valence electrons. The molecule has 0 N–H and O–H groups in total. The van der Waals surface area contributed by atoms with E-state index in [1.807, 2.05) is 6.92 Å². The van der Waals surface area contributed by atoms with Gasteiger partial charge in [0.1, 0.15) is 5.76 Å². The highest BCUT2D eigenvalue weighted by Gasteiger charge is 2.27. The second kappa shape index (κ2) is 6.52. The van der Waals surface area contributed by atoms with Crippen LogP contribution in [-0.4, -0.2) is 21.0 Å². The van der Waals surface area contributed by atoms with Gasteiger partial charge >= 0.3 is 0 Å². The number of hydrogen-bond acceptors (Lipinski definition) is 3. The molecule has 1 atom stereocenters. The molecule has 1 aliphatic rings. The van der Waals surface area contributed by atoms with E-state index in [9.17, 15) is 0 Å². The quantitative estimate of drug-likeness (QED) is 0.691. The third-order valence-corrected chi connectivity index (χ3v) is 5.17. The van der Waals surface area contributed by atoms with Gasteiger partial charge < -0.3 is 8.98 Å². The topological polar surface area (TPSA) is 34.2 Å². The SMILES string of the molecule is CC[C@H]1c2cccn2CCN1Cc1nc(-c2cccc(C)c2)oc1C. The molecule has 0 bridgehead atoms. The van der Waals surface area contributed by atoms with Crippen molar-refractivity contribution < 1.29 is 4.42 Å². The van der Waals surface area contributed by atoms with E-state index in [-0.39, 0.29) is 0 Å². The Bertz CT molecular complexity index is 877. The molecule has 4 heteroatoms. The van der Waals surface area contributed by atoms with Crippen LogP contribution in [0.25, 0.3) is 11.5 Å². The largest absolute Gasteiger partial charge is 0.441 e. The van der Waals surface area contributed by atoms with Crippen molar-refractivity contribution in [3.05, 3.63) is 65.3 Å². The van der Waals surface area contributed by atoms with Crippen molar-refractivity contribution in [2.24, 2.45) is 0 Å². The van der Waals surface area contributed by atoms with E-state index < -0.39 is 0 Å². The summed E-state index contributed by atoms with van der Waals surface area (Å²) in [4.78, 5) is 7.34. The molecule has 0 saturated heterocycles. The zero-order valence-corrected chi connectivity index (χ0v) is 15.2. The van der Waals surface area contributed by atoms with Crippen LogP contribution >= 0.6 is 0 Å². The average Bonchev–Trinajstić information content (AvgIpc) is 3.22. The predicted octanol–water partition coefficient (Wildman–Crippen LogP) is 4.73. The van der Waals surface area contributed by atoms with Crippen LogP contribution in [0.1, 0.15) is 42.1 Å². The maximum atomic E-state index is 5.98. The maximum Gasteiger partial charge on any atom is 0.226 e. The summed E-state index contributed by atoms with van der Waals surface area (Å²) in [7, 11) is 0. The molecule has 0 fully saturated rings. The second-order valence-corrected chi connectivity index (χ2v) is 6.91. The number of aromatic nitrogens is 2. The monoisotopic (exact) mass is 335 g/mol. The molecule has 0 aliphatic carbocycles. The first-order valence-corrected chi connectivity index (χ1v) is 9.08. The maximum absolute atomic E-state index is 5.98. The van der Waals surface area contributed by atoms with Crippen LogP contribution in [0.5, 0.6) is 0 Å². The van der Waals surface area contributed by atoms with E-state index in [0.29, 0.717) is 6.04 Å². The number of oxazole rings is 1. The lowest BCUT2D eigenvalue weighted by molar-refractivity contribution is 0.142. The fourth-order valence-electron chi connectivity index (χ4n) is 3.84. The van der Waals surface area contributed by atoms with Gasteiger partial charge in [0, 0.05) is 37.1 Å². The van der Waals surface area contributed by atoms with Crippen LogP contribution in [-0.2, 0) is 13.1 Å². The van der Waals surface area contributed by atoms with Gasteiger partial charge in [0.15, 0.2) is 0 Å². The van der Waals surface area contributed by atoms with Crippen LogP contribution in [0.4, 0.5) is 0 Å². The smallest absolute Gasteiger partial charge is 0.226 e. The van der Waals surface area contributed by atoms with Crippen LogP contribution < -0.4 is 0 Å². The first kappa shape index (κ1) is 16.2. The summed E-state index contributed by atoms with van der Waals surface area (Å²) in [5.74, 6) is 1.65. The molecule has 2 aromatic heterocycles. The van der Waals surface area contributed by atoms with Crippen molar-refractivity contribution in [3.8, 4) is 11.5 Å². The third-order valence-electron chi connectivity index (χ3n) is 5.17. The van der Waals surface area contributed by atoms with Crippen LogP contribution in [0, 0.1) is 13.8 Å². The normalized spacial score (nSPS) is 17.6. The molecule has 1 aliphatic heterocycles. The molecular formula is C21H25N3O. The van der Waals surface area contributed by atoms with Gasteiger partial charge in [0.05, 0.1) is 11.7 Å². The lowest BCUT2D eigenvalue weighted by Crippen LogP contribution is -2.37. The van der Waals surface area contributed by atoms with Crippen molar-refractivity contribution in [2.45, 2.75) is 46.3 Å². The molecule has 3 aromatic rings. The van der Waals surface area contributed by atoms with Gasteiger partial charge in [-0.2, -0.15) is 0 Å².